The van der Waals surface area contributed by atoms with Crippen LogP contribution in [-0.2, 0) is 32.6 Å². The van der Waals surface area contributed by atoms with E-state index in [0.717, 1.165) is 11.1 Å². The van der Waals surface area contributed by atoms with E-state index < -0.39 is 16.1 Å². The van der Waals surface area contributed by atoms with E-state index >= 15 is 0 Å². The van der Waals surface area contributed by atoms with Gasteiger partial charge in [0.25, 0.3) is 5.91 Å². The molecule has 200 valence electrons. The van der Waals surface area contributed by atoms with Crippen LogP contribution in [0, 0.1) is 5.92 Å². The average molecular weight is 536 g/mol. The first-order valence-corrected chi connectivity index (χ1v) is 14.2. The number of ether oxygens (including phenoxy) is 1. The number of amides is 2. The number of aryl methyl sites for hydroxylation is 1. The number of rotatable bonds is 10. The maximum Gasteiger partial charge on any atom is 0.263 e. The first-order chi connectivity index (χ1) is 18.2. The lowest BCUT2D eigenvalue weighted by Gasteiger charge is -2.34. The van der Waals surface area contributed by atoms with Crippen LogP contribution in [0.4, 0.5) is 5.69 Å². The molecule has 0 radical (unpaired) electrons. The zero-order valence-corrected chi connectivity index (χ0v) is 22.4. The number of nitrogens with zero attached hydrogens (tertiary/aromatic N) is 1. The minimum Gasteiger partial charge on any atom is -0.477 e. The molecule has 9 heteroatoms. The van der Waals surface area contributed by atoms with Crippen molar-refractivity contribution in [3.63, 3.8) is 0 Å². The van der Waals surface area contributed by atoms with Gasteiger partial charge in [0, 0.05) is 19.5 Å². The lowest BCUT2D eigenvalue weighted by atomic mass is 10.1. The normalized spacial score (nSPS) is 15.0. The summed E-state index contributed by atoms with van der Waals surface area (Å²) < 4.78 is 33.4. The number of hydrogen-bond donors (Lipinski definition) is 2. The summed E-state index contributed by atoms with van der Waals surface area (Å²) in [6, 6.07) is 23.3. The van der Waals surface area contributed by atoms with Crippen LogP contribution in [0.1, 0.15) is 31.4 Å². The van der Waals surface area contributed by atoms with Crippen molar-refractivity contribution in [2.45, 2.75) is 44.2 Å². The standard InChI is InChI=1S/C29H33N3O5S/c1-21(2)18-31-38(35,36)24-15-12-22(13-16-24)14-17-28(33)32-20-27(37-26-11-7-6-10-25(26)32)29(34)30-19-23-8-4-3-5-9-23/h3-13,15-16,21,27,31H,14,17-20H2,1-2H3,(H,30,34)/t27-/m1/s1. The number of carbonyl (C=O) groups excluding carboxylic acids is 2. The van der Waals surface area contributed by atoms with E-state index in [4.69, 9.17) is 4.74 Å². The van der Waals surface area contributed by atoms with Gasteiger partial charge in [-0.25, -0.2) is 13.1 Å². The summed E-state index contributed by atoms with van der Waals surface area (Å²) in [4.78, 5) is 28.0. The molecule has 1 aliphatic heterocycles. The van der Waals surface area contributed by atoms with Crippen molar-refractivity contribution >= 4 is 27.5 Å². The Kier molecular flexibility index (Phi) is 8.81. The molecule has 1 aliphatic rings. The van der Waals surface area contributed by atoms with Gasteiger partial charge in [-0.2, -0.15) is 0 Å². The van der Waals surface area contributed by atoms with Crippen LogP contribution in [0.2, 0.25) is 0 Å². The predicted octanol–water partition coefficient (Wildman–Crippen LogP) is 3.66. The highest BCUT2D eigenvalue weighted by molar-refractivity contribution is 7.89. The van der Waals surface area contributed by atoms with E-state index in [0.29, 0.717) is 30.9 Å². The molecule has 2 amide bonds. The third-order valence-electron chi connectivity index (χ3n) is 6.22. The van der Waals surface area contributed by atoms with Crippen LogP contribution in [-0.4, -0.2) is 39.4 Å². The van der Waals surface area contributed by atoms with Crippen LogP contribution >= 0.6 is 0 Å². The van der Waals surface area contributed by atoms with Gasteiger partial charge in [-0.15, -0.1) is 0 Å². The fraction of sp³-hybridized carbons (Fsp3) is 0.310. The zero-order chi connectivity index (χ0) is 27.1. The first kappa shape index (κ1) is 27.3. The van der Waals surface area contributed by atoms with E-state index in [1.165, 1.54) is 0 Å². The molecule has 0 bridgehead atoms. The Morgan fingerprint density at radius 1 is 0.947 bits per heavy atom. The molecule has 0 spiro atoms. The summed E-state index contributed by atoms with van der Waals surface area (Å²) in [5.74, 6) is 0.256. The highest BCUT2D eigenvalue weighted by Gasteiger charge is 2.33. The van der Waals surface area contributed by atoms with Crippen molar-refractivity contribution in [3.05, 3.63) is 90.0 Å². The monoisotopic (exact) mass is 535 g/mol. The second-order valence-electron chi connectivity index (χ2n) is 9.67. The molecule has 0 aliphatic carbocycles. The Morgan fingerprint density at radius 3 is 2.34 bits per heavy atom. The quantitative estimate of drug-likeness (QED) is 0.412. The Bertz CT molecular complexity index is 1360. The predicted molar refractivity (Wildman–Crippen MR) is 146 cm³/mol. The van der Waals surface area contributed by atoms with Gasteiger partial charge in [0.05, 0.1) is 17.1 Å². The minimum atomic E-state index is -3.57. The van der Waals surface area contributed by atoms with Crippen LogP contribution in [0.5, 0.6) is 5.75 Å². The van der Waals surface area contributed by atoms with Gasteiger partial charge in [0.1, 0.15) is 5.75 Å². The van der Waals surface area contributed by atoms with Crippen LogP contribution in [0.25, 0.3) is 0 Å². The topological polar surface area (TPSA) is 105 Å². The summed E-state index contributed by atoms with van der Waals surface area (Å²) in [6.45, 7) is 4.72. The number of nitrogens with one attached hydrogen (secondary N) is 2. The molecule has 3 aromatic rings. The van der Waals surface area contributed by atoms with Gasteiger partial charge in [0.2, 0.25) is 15.9 Å². The molecule has 0 saturated heterocycles. The van der Waals surface area contributed by atoms with E-state index in [2.05, 4.69) is 10.0 Å². The molecule has 1 atom stereocenters. The molecule has 0 saturated carbocycles. The molecule has 8 nitrogen and oxygen atoms in total. The third kappa shape index (κ3) is 6.99. The Labute approximate surface area is 224 Å². The molecule has 1 heterocycles. The Morgan fingerprint density at radius 2 is 1.63 bits per heavy atom. The highest BCUT2D eigenvalue weighted by Crippen LogP contribution is 2.33. The van der Waals surface area contributed by atoms with Crippen LogP contribution in [0.15, 0.2) is 83.8 Å². The van der Waals surface area contributed by atoms with E-state index in [9.17, 15) is 18.0 Å². The van der Waals surface area contributed by atoms with Crippen LogP contribution in [0.3, 0.4) is 0 Å². The highest BCUT2D eigenvalue weighted by atomic mass is 32.2. The van der Waals surface area contributed by atoms with E-state index in [1.54, 1.807) is 47.4 Å². The van der Waals surface area contributed by atoms with Crippen LogP contribution < -0.4 is 19.7 Å². The SMILES string of the molecule is CC(C)CNS(=O)(=O)c1ccc(CCC(=O)N2C[C@H](C(=O)NCc3ccccc3)Oc3ccccc32)cc1. The summed E-state index contributed by atoms with van der Waals surface area (Å²) >= 11 is 0. The average Bonchev–Trinajstić information content (AvgIpc) is 2.93. The number of para-hydroxylation sites is 2. The number of sulfonamides is 1. The molecule has 3 aromatic carbocycles. The lowest BCUT2D eigenvalue weighted by Crippen LogP contribution is -2.50. The molecular weight excluding hydrogens is 502 g/mol. The van der Waals surface area contributed by atoms with Gasteiger partial charge >= 0.3 is 0 Å². The summed E-state index contributed by atoms with van der Waals surface area (Å²) in [7, 11) is -3.57. The Balaban J connectivity index is 1.39. The zero-order valence-electron chi connectivity index (χ0n) is 21.6. The van der Waals surface area contributed by atoms with Crippen molar-refractivity contribution in [2.24, 2.45) is 5.92 Å². The minimum absolute atomic E-state index is 0.106. The lowest BCUT2D eigenvalue weighted by molar-refractivity contribution is -0.128. The maximum atomic E-state index is 13.3. The first-order valence-electron chi connectivity index (χ1n) is 12.7. The molecular formula is C29H33N3O5S. The fourth-order valence-corrected chi connectivity index (χ4v) is 5.30. The molecule has 38 heavy (non-hydrogen) atoms. The van der Waals surface area contributed by atoms with Gasteiger partial charge in [-0.1, -0.05) is 68.4 Å². The number of anilines is 1. The van der Waals surface area contributed by atoms with E-state index in [1.807, 2.05) is 50.2 Å². The van der Waals surface area contributed by atoms with Gasteiger partial charge in [-0.05, 0) is 47.7 Å². The summed E-state index contributed by atoms with van der Waals surface area (Å²) in [6.07, 6.45) is -0.201. The van der Waals surface area contributed by atoms with Crippen molar-refractivity contribution in [2.75, 3.05) is 18.0 Å². The van der Waals surface area contributed by atoms with Gasteiger partial charge in [0.15, 0.2) is 6.10 Å². The summed E-state index contributed by atoms with van der Waals surface area (Å²) in [5, 5.41) is 2.89. The fourth-order valence-electron chi connectivity index (χ4n) is 4.09. The van der Waals surface area contributed by atoms with Crippen molar-refractivity contribution in [1.82, 2.24) is 10.0 Å². The molecule has 0 unspecified atom stereocenters. The second-order valence-corrected chi connectivity index (χ2v) is 11.4. The summed E-state index contributed by atoms with van der Waals surface area (Å²) in [5.41, 5.74) is 2.45. The third-order valence-corrected chi connectivity index (χ3v) is 7.66. The van der Waals surface area contributed by atoms with Crippen molar-refractivity contribution in [1.29, 1.82) is 0 Å². The van der Waals surface area contributed by atoms with Crippen molar-refractivity contribution < 1.29 is 22.7 Å². The molecule has 4 rings (SSSR count). The molecule has 0 fully saturated rings. The second kappa shape index (κ2) is 12.2. The smallest absolute Gasteiger partial charge is 0.263 e. The van der Waals surface area contributed by atoms with Crippen molar-refractivity contribution in [3.8, 4) is 5.75 Å². The van der Waals surface area contributed by atoms with Gasteiger partial charge < -0.3 is 15.0 Å². The number of fused-ring (bicyclic) bond motifs is 1. The number of carbonyl (C=O) groups is 2. The number of hydrogen-bond acceptors (Lipinski definition) is 5. The Hall–Kier alpha value is -3.69. The maximum absolute atomic E-state index is 13.3. The molecule has 0 aromatic heterocycles. The van der Waals surface area contributed by atoms with E-state index in [-0.39, 0.29) is 35.6 Å². The largest absolute Gasteiger partial charge is 0.477 e. The molecule has 2 N–H and O–H groups in total. The van der Waals surface area contributed by atoms with Gasteiger partial charge in [-0.3, -0.25) is 9.59 Å². The number of benzene rings is 3.